The van der Waals surface area contributed by atoms with Crippen molar-refractivity contribution in [3.8, 4) is 0 Å². The fourth-order valence-electron chi connectivity index (χ4n) is 0.366. The van der Waals surface area contributed by atoms with Crippen molar-refractivity contribution in [1.82, 2.24) is 15.2 Å². The Hall–Kier alpha value is -1.43. The summed E-state index contributed by atoms with van der Waals surface area (Å²) in [4.78, 5) is 13.5. The summed E-state index contributed by atoms with van der Waals surface area (Å²) in [5.41, 5.74) is 1.07. The Morgan fingerprint density at radius 1 is 1.78 bits per heavy atom. The van der Waals surface area contributed by atoms with Crippen LogP contribution in [0.1, 0.15) is 0 Å². The van der Waals surface area contributed by atoms with Gasteiger partial charge in [-0.1, -0.05) is 0 Å². The summed E-state index contributed by atoms with van der Waals surface area (Å²) in [6, 6.07) is 0. The molecule has 0 aliphatic carbocycles. The standard InChI is InChI=1S/C3H4N4O2/c8-3-5-2(7-9)1-4-6-3/h1,9H,(H2,5,6,7,8). The van der Waals surface area contributed by atoms with Gasteiger partial charge in [0, 0.05) is 0 Å². The molecule has 6 nitrogen and oxygen atoms in total. The van der Waals surface area contributed by atoms with Gasteiger partial charge < -0.3 is 0 Å². The van der Waals surface area contributed by atoms with E-state index in [1.165, 1.54) is 6.20 Å². The topological polar surface area (TPSA) is 90.9 Å². The van der Waals surface area contributed by atoms with Crippen LogP contribution in [0.5, 0.6) is 0 Å². The van der Waals surface area contributed by atoms with Gasteiger partial charge in [0.15, 0.2) is 5.82 Å². The van der Waals surface area contributed by atoms with Crippen molar-refractivity contribution in [2.75, 3.05) is 5.48 Å². The van der Waals surface area contributed by atoms with E-state index in [4.69, 9.17) is 5.21 Å². The first-order valence-corrected chi connectivity index (χ1v) is 2.15. The highest BCUT2D eigenvalue weighted by atomic mass is 16.5. The van der Waals surface area contributed by atoms with Gasteiger partial charge in [-0.25, -0.2) is 9.89 Å². The van der Waals surface area contributed by atoms with E-state index in [1.54, 1.807) is 5.48 Å². The summed E-state index contributed by atoms with van der Waals surface area (Å²) in [5.74, 6) is 0.0266. The number of aromatic amines is 1. The maximum Gasteiger partial charge on any atom is 0.363 e. The lowest BCUT2D eigenvalue weighted by Gasteiger charge is -1.90. The molecule has 0 spiro atoms. The normalized spacial score (nSPS) is 9.00. The summed E-state index contributed by atoms with van der Waals surface area (Å²) in [5, 5.41) is 13.5. The fraction of sp³-hybridized carbons (Fsp3) is 0. The first-order valence-electron chi connectivity index (χ1n) is 2.15. The van der Waals surface area contributed by atoms with Crippen LogP contribution >= 0.6 is 0 Å². The quantitative estimate of drug-likeness (QED) is 0.420. The predicted molar refractivity (Wildman–Crippen MR) is 28.1 cm³/mol. The summed E-state index contributed by atoms with van der Waals surface area (Å²) in [6.07, 6.45) is 1.18. The number of anilines is 1. The van der Waals surface area contributed by atoms with E-state index in [2.05, 4.69) is 10.1 Å². The predicted octanol–water partition coefficient (Wildman–Crippen LogP) is -1.03. The molecule has 1 heterocycles. The van der Waals surface area contributed by atoms with Crippen molar-refractivity contribution in [1.29, 1.82) is 0 Å². The zero-order valence-electron chi connectivity index (χ0n) is 4.33. The summed E-state index contributed by atoms with van der Waals surface area (Å²) in [7, 11) is 0. The minimum absolute atomic E-state index is 0.0266. The van der Waals surface area contributed by atoms with E-state index in [0.29, 0.717) is 0 Å². The van der Waals surface area contributed by atoms with Gasteiger partial charge in [-0.2, -0.15) is 10.1 Å². The fourth-order valence-corrected chi connectivity index (χ4v) is 0.366. The Morgan fingerprint density at radius 3 is 3.00 bits per heavy atom. The second-order valence-electron chi connectivity index (χ2n) is 1.28. The van der Waals surface area contributed by atoms with Gasteiger partial charge in [0.05, 0.1) is 6.20 Å². The van der Waals surface area contributed by atoms with E-state index in [9.17, 15) is 4.79 Å². The maximum atomic E-state index is 10.3. The van der Waals surface area contributed by atoms with Crippen LogP contribution < -0.4 is 11.2 Å². The molecule has 6 heteroatoms. The number of nitrogens with zero attached hydrogens (tertiary/aromatic N) is 2. The number of hydrogen-bond acceptors (Lipinski definition) is 5. The van der Waals surface area contributed by atoms with Crippen molar-refractivity contribution in [2.45, 2.75) is 0 Å². The lowest BCUT2D eigenvalue weighted by atomic mass is 10.8. The molecule has 0 aromatic carbocycles. The Labute approximate surface area is 49.5 Å². The molecule has 1 aromatic heterocycles. The molecule has 0 saturated carbocycles. The third-order valence-electron chi connectivity index (χ3n) is 0.684. The lowest BCUT2D eigenvalue weighted by molar-refractivity contribution is 0.385. The van der Waals surface area contributed by atoms with Crippen molar-refractivity contribution in [2.24, 2.45) is 0 Å². The van der Waals surface area contributed by atoms with Crippen LogP contribution in [0.3, 0.4) is 0 Å². The average Bonchev–Trinajstić information content (AvgIpc) is 1.88. The maximum absolute atomic E-state index is 10.3. The summed E-state index contributed by atoms with van der Waals surface area (Å²) < 4.78 is 0. The third-order valence-corrected chi connectivity index (χ3v) is 0.684. The molecule has 1 rings (SSSR count). The molecule has 9 heavy (non-hydrogen) atoms. The lowest BCUT2D eigenvalue weighted by Crippen LogP contribution is -2.13. The molecule has 0 fully saturated rings. The molecule has 0 atom stereocenters. The monoisotopic (exact) mass is 128 g/mol. The average molecular weight is 128 g/mol. The number of H-pyrrole nitrogens is 1. The Balaban J connectivity index is 3.08. The third kappa shape index (κ3) is 1.23. The van der Waals surface area contributed by atoms with Gasteiger partial charge in [-0.15, -0.1) is 0 Å². The van der Waals surface area contributed by atoms with Gasteiger partial charge in [-0.3, -0.25) is 10.7 Å². The van der Waals surface area contributed by atoms with Crippen LogP contribution in [-0.4, -0.2) is 20.4 Å². The highest BCUT2D eigenvalue weighted by molar-refractivity contribution is 5.24. The molecule has 0 aliphatic heterocycles. The van der Waals surface area contributed by atoms with Crippen molar-refractivity contribution < 1.29 is 5.21 Å². The highest BCUT2D eigenvalue weighted by Crippen LogP contribution is 1.87. The van der Waals surface area contributed by atoms with Gasteiger partial charge in [0.1, 0.15) is 0 Å². The van der Waals surface area contributed by atoms with Crippen molar-refractivity contribution in [3.63, 3.8) is 0 Å². The van der Waals surface area contributed by atoms with E-state index in [-0.39, 0.29) is 5.82 Å². The van der Waals surface area contributed by atoms with Gasteiger partial charge in [-0.05, 0) is 0 Å². The van der Waals surface area contributed by atoms with E-state index in [0.717, 1.165) is 0 Å². The van der Waals surface area contributed by atoms with Gasteiger partial charge >= 0.3 is 5.69 Å². The van der Waals surface area contributed by atoms with E-state index in [1.807, 2.05) is 5.10 Å². The first kappa shape index (κ1) is 5.70. The van der Waals surface area contributed by atoms with Crippen LogP contribution in [0.15, 0.2) is 11.0 Å². The van der Waals surface area contributed by atoms with Gasteiger partial charge in [0.2, 0.25) is 0 Å². The summed E-state index contributed by atoms with van der Waals surface area (Å²) >= 11 is 0. The van der Waals surface area contributed by atoms with E-state index < -0.39 is 5.69 Å². The Kier molecular flexibility index (Phi) is 1.41. The number of aromatic nitrogens is 3. The molecular formula is C3H4N4O2. The zero-order chi connectivity index (χ0) is 6.69. The summed E-state index contributed by atoms with van der Waals surface area (Å²) in [6.45, 7) is 0. The van der Waals surface area contributed by atoms with Crippen LogP contribution in [0.4, 0.5) is 5.82 Å². The van der Waals surface area contributed by atoms with Crippen LogP contribution in [0, 0.1) is 0 Å². The molecule has 3 N–H and O–H groups in total. The molecule has 0 saturated heterocycles. The second-order valence-corrected chi connectivity index (χ2v) is 1.28. The number of nitrogens with one attached hydrogen (secondary N) is 2. The molecule has 0 aliphatic rings. The molecule has 48 valence electrons. The molecule has 0 radical (unpaired) electrons. The van der Waals surface area contributed by atoms with Crippen LogP contribution in [0.25, 0.3) is 0 Å². The van der Waals surface area contributed by atoms with Crippen LogP contribution in [0.2, 0.25) is 0 Å². The molecule has 1 aromatic rings. The minimum Gasteiger partial charge on any atom is -0.290 e. The second kappa shape index (κ2) is 2.23. The highest BCUT2D eigenvalue weighted by Gasteiger charge is 1.88. The number of rotatable bonds is 1. The largest absolute Gasteiger partial charge is 0.363 e. The van der Waals surface area contributed by atoms with E-state index >= 15 is 0 Å². The molecule has 0 unspecified atom stereocenters. The Bertz CT molecular complexity index is 244. The van der Waals surface area contributed by atoms with Crippen LogP contribution in [-0.2, 0) is 0 Å². The van der Waals surface area contributed by atoms with Crippen molar-refractivity contribution >= 4 is 5.82 Å². The first-order chi connectivity index (χ1) is 4.33. The molecular weight excluding hydrogens is 124 g/mol. The minimum atomic E-state index is -0.603. The molecule has 0 amide bonds. The number of hydrogen-bond donors (Lipinski definition) is 3. The van der Waals surface area contributed by atoms with Gasteiger partial charge in [0.25, 0.3) is 0 Å². The Morgan fingerprint density at radius 2 is 2.56 bits per heavy atom. The molecule has 0 bridgehead atoms. The zero-order valence-corrected chi connectivity index (χ0v) is 4.33. The van der Waals surface area contributed by atoms with Crippen molar-refractivity contribution in [3.05, 3.63) is 16.7 Å². The smallest absolute Gasteiger partial charge is 0.290 e. The SMILES string of the molecule is O=c1nc(NO)cn[nH]1.